The molecule has 2 aliphatic heterocycles. The molecule has 2 N–H and O–H groups in total. The van der Waals surface area contributed by atoms with Gasteiger partial charge in [-0.15, -0.1) is 12.4 Å². The maximum atomic E-state index is 14.4. The number of halogens is 3. The highest BCUT2D eigenvalue weighted by molar-refractivity contribution is 6.31. The molecule has 2 saturated heterocycles. The Morgan fingerprint density at radius 1 is 1.19 bits per heavy atom. The lowest BCUT2D eigenvalue weighted by Crippen LogP contribution is -2.27. The van der Waals surface area contributed by atoms with Gasteiger partial charge in [0, 0.05) is 31.1 Å². The molecule has 0 amide bonds. The van der Waals surface area contributed by atoms with Gasteiger partial charge in [0.2, 0.25) is 0 Å². The zero-order chi connectivity index (χ0) is 24.2. The van der Waals surface area contributed by atoms with Crippen molar-refractivity contribution in [1.29, 1.82) is 0 Å². The average Bonchev–Trinajstić information content (AvgIpc) is 3.12. The largest absolute Gasteiger partial charge is 0.493 e. The van der Waals surface area contributed by atoms with E-state index in [2.05, 4.69) is 25.5 Å². The zero-order valence-corrected chi connectivity index (χ0v) is 21.9. The fourth-order valence-electron chi connectivity index (χ4n) is 5.19. The molecule has 1 aromatic heterocycles. The number of ether oxygens (including phenoxy) is 2. The van der Waals surface area contributed by atoms with Crippen LogP contribution in [0.15, 0.2) is 36.7 Å². The maximum absolute atomic E-state index is 14.4. The van der Waals surface area contributed by atoms with Gasteiger partial charge < -0.3 is 25.0 Å². The van der Waals surface area contributed by atoms with E-state index >= 15 is 0 Å². The molecule has 2 fully saturated rings. The van der Waals surface area contributed by atoms with Crippen molar-refractivity contribution in [2.75, 3.05) is 51.8 Å². The third kappa shape index (κ3) is 5.94. The minimum absolute atomic E-state index is 0. The first-order valence-corrected chi connectivity index (χ1v) is 12.6. The highest BCUT2D eigenvalue weighted by atomic mass is 35.5. The van der Waals surface area contributed by atoms with Gasteiger partial charge in [-0.25, -0.2) is 14.4 Å². The lowest BCUT2D eigenvalue weighted by Gasteiger charge is -2.17. The average molecular weight is 536 g/mol. The van der Waals surface area contributed by atoms with Crippen LogP contribution in [0.2, 0.25) is 5.02 Å². The summed E-state index contributed by atoms with van der Waals surface area (Å²) in [4.78, 5) is 11.2. The number of likely N-dealkylation sites (tertiary alicyclic amines) is 1. The molecule has 0 unspecified atom stereocenters. The number of fused-ring (bicyclic) bond motifs is 2. The highest BCUT2D eigenvalue weighted by Crippen LogP contribution is 2.36. The first-order valence-electron chi connectivity index (χ1n) is 12.2. The number of nitrogens with one attached hydrogen (secondary N) is 2. The van der Waals surface area contributed by atoms with Crippen molar-refractivity contribution in [2.45, 2.75) is 19.3 Å². The summed E-state index contributed by atoms with van der Waals surface area (Å²) in [5.74, 6) is 2.74. The number of hydrogen-bond acceptors (Lipinski definition) is 7. The molecule has 36 heavy (non-hydrogen) atoms. The van der Waals surface area contributed by atoms with Gasteiger partial charge in [0.15, 0.2) is 17.3 Å². The SMILES string of the molecule is COc1cc2ncnc(Nc3cccc(Cl)c3F)c2cc1OCCCN1C[C@H]2CNCCC[C@H]2C1.Cl. The molecular weight excluding hydrogens is 504 g/mol. The van der Waals surface area contributed by atoms with Crippen molar-refractivity contribution >= 4 is 46.4 Å². The zero-order valence-electron chi connectivity index (χ0n) is 20.3. The number of aromatic nitrogens is 2. The molecule has 0 radical (unpaired) electrons. The van der Waals surface area contributed by atoms with Crippen LogP contribution in [0, 0.1) is 17.7 Å². The Bertz CT molecular complexity index is 1170. The van der Waals surface area contributed by atoms with Gasteiger partial charge in [-0.05, 0) is 62.4 Å². The molecule has 2 aromatic carbocycles. The molecular formula is C26H32Cl2FN5O2. The Hall–Kier alpha value is -2.39. The summed E-state index contributed by atoms with van der Waals surface area (Å²) in [5.41, 5.74) is 0.909. The van der Waals surface area contributed by atoms with Gasteiger partial charge in [-0.2, -0.15) is 0 Å². The van der Waals surface area contributed by atoms with Crippen molar-refractivity contribution in [3.8, 4) is 11.5 Å². The molecule has 3 aromatic rings. The maximum Gasteiger partial charge on any atom is 0.165 e. The van der Waals surface area contributed by atoms with Gasteiger partial charge in [0.05, 0.1) is 29.9 Å². The Balaban J connectivity index is 0.00000304. The molecule has 10 heteroatoms. The predicted molar refractivity (Wildman–Crippen MR) is 144 cm³/mol. The van der Waals surface area contributed by atoms with E-state index in [9.17, 15) is 4.39 Å². The van der Waals surface area contributed by atoms with E-state index in [1.54, 1.807) is 19.2 Å². The first-order chi connectivity index (χ1) is 17.1. The Kier molecular flexibility index (Phi) is 9.06. The van der Waals surface area contributed by atoms with Gasteiger partial charge in [-0.3, -0.25) is 0 Å². The normalized spacial score (nSPS) is 19.9. The van der Waals surface area contributed by atoms with Crippen molar-refractivity contribution < 1.29 is 13.9 Å². The lowest BCUT2D eigenvalue weighted by molar-refractivity contribution is 0.248. The standard InChI is InChI=1S/C26H31ClFN5O2.ClH/c1-34-23-12-22-19(26(31-16-30-22)32-21-7-2-6-20(27)25(21)28)11-24(23)35-10-4-9-33-14-17-5-3-8-29-13-18(17)15-33;/h2,6-7,11-12,16-18,29H,3-5,8-10,13-15H2,1H3,(H,30,31,32);1H/t17-,18+;/m0./s1. The third-order valence-corrected chi connectivity index (χ3v) is 7.28. The van der Waals surface area contributed by atoms with Crippen LogP contribution in [-0.2, 0) is 0 Å². The lowest BCUT2D eigenvalue weighted by atomic mass is 9.93. The number of anilines is 2. The number of benzene rings is 2. The van der Waals surface area contributed by atoms with Crippen LogP contribution in [0.4, 0.5) is 15.9 Å². The highest BCUT2D eigenvalue weighted by Gasteiger charge is 2.32. The summed E-state index contributed by atoms with van der Waals surface area (Å²) in [5, 5.41) is 7.36. The van der Waals surface area contributed by atoms with E-state index in [1.165, 1.54) is 38.3 Å². The van der Waals surface area contributed by atoms with Crippen LogP contribution in [0.3, 0.4) is 0 Å². The van der Waals surface area contributed by atoms with Crippen LogP contribution in [-0.4, -0.2) is 61.3 Å². The van der Waals surface area contributed by atoms with Crippen LogP contribution in [0.25, 0.3) is 10.9 Å². The van der Waals surface area contributed by atoms with E-state index in [0.717, 1.165) is 37.9 Å². The van der Waals surface area contributed by atoms with Crippen molar-refractivity contribution in [2.24, 2.45) is 11.8 Å². The number of hydrogen-bond donors (Lipinski definition) is 2. The first kappa shape index (κ1) is 26.7. The Labute approximate surface area is 222 Å². The van der Waals surface area contributed by atoms with Gasteiger partial charge in [0.1, 0.15) is 12.1 Å². The van der Waals surface area contributed by atoms with Crippen molar-refractivity contribution in [1.82, 2.24) is 20.2 Å². The summed E-state index contributed by atoms with van der Waals surface area (Å²) < 4.78 is 26.1. The summed E-state index contributed by atoms with van der Waals surface area (Å²) in [7, 11) is 1.61. The van der Waals surface area contributed by atoms with Gasteiger partial charge >= 0.3 is 0 Å². The molecule has 5 rings (SSSR count). The molecule has 0 bridgehead atoms. The summed E-state index contributed by atoms with van der Waals surface area (Å²) in [6, 6.07) is 8.46. The van der Waals surface area contributed by atoms with E-state index in [0.29, 0.717) is 34.8 Å². The topological polar surface area (TPSA) is 71.5 Å². The predicted octanol–water partition coefficient (Wildman–Crippen LogP) is 5.30. The van der Waals surface area contributed by atoms with Crippen LogP contribution in [0.5, 0.6) is 11.5 Å². The third-order valence-electron chi connectivity index (χ3n) is 6.99. The van der Waals surface area contributed by atoms with E-state index in [1.807, 2.05) is 12.1 Å². The monoisotopic (exact) mass is 535 g/mol. The fraction of sp³-hybridized carbons (Fsp3) is 0.462. The van der Waals surface area contributed by atoms with Crippen molar-refractivity contribution in [3.05, 3.63) is 47.5 Å². The molecule has 0 aliphatic carbocycles. The molecule has 2 atom stereocenters. The summed E-state index contributed by atoms with van der Waals surface area (Å²) in [6.45, 7) is 6.26. The van der Waals surface area contributed by atoms with Crippen LogP contribution in [0.1, 0.15) is 19.3 Å². The fourth-order valence-corrected chi connectivity index (χ4v) is 5.36. The molecule has 194 valence electrons. The molecule has 2 aliphatic rings. The molecule has 3 heterocycles. The van der Waals surface area contributed by atoms with E-state index in [4.69, 9.17) is 21.1 Å². The molecule has 0 spiro atoms. The van der Waals surface area contributed by atoms with Gasteiger partial charge in [-0.1, -0.05) is 17.7 Å². The quantitative estimate of drug-likeness (QED) is 0.379. The summed E-state index contributed by atoms with van der Waals surface area (Å²) >= 11 is 5.93. The molecule has 0 saturated carbocycles. The van der Waals surface area contributed by atoms with E-state index < -0.39 is 5.82 Å². The minimum Gasteiger partial charge on any atom is -0.493 e. The number of rotatable bonds is 8. The van der Waals surface area contributed by atoms with Crippen LogP contribution >= 0.6 is 24.0 Å². The second-order valence-electron chi connectivity index (χ2n) is 9.30. The van der Waals surface area contributed by atoms with Crippen LogP contribution < -0.4 is 20.1 Å². The number of nitrogens with zero attached hydrogens (tertiary/aromatic N) is 3. The number of methoxy groups -OCH3 is 1. The second-order valence-corrected chi connectivity index (χ2v) is 9.70. The van der Waals surface area contributed by atoms with E-state index in [-0.39, 0.29) is 23.1 Å². The molecule has 7 nitrogen and oxygen atoms in total. The second kappa shape index (κ2) is 12.2. The minimum atomic E-state index is -0.529. The van der Waals surface area contributed by atoms with Gasteiger partial charge in [0.25, 0.3) is 0 Å². The Morgan fingerprint density at radius 2 is 2.06 bits per heavy atom. The summed E-state index contributed by atoms with van der Waals surface area (Å²) in [6.07, 6.45) is 4.97. The van der Waals surface area contributed by atoms with Crippen molar-refractivity contribution in [3.63, 3.8) is 0 Å². The smallest absolute Gasteiger partial charge is 0.165 e. The Morgan fingerprint density at radius 3 is 2.92 bits per heavy atom.